The van der Waals surface area contributed by atoms with Gasteiger partial charge in [0.2, 0.25) is 5.88 Å². The maximum absolute atomic E-state index is 12.1. The second-order valence-electron chi connectivity index (χ2n) is 5.46. The van der Waals surface area contributed by atoms with Crippen LogP contribution in [0.25, 0.3) is 0 Å². The van der Waals surface area contributed by atoms with E-state index in [2.05, 4.69) is 4.98 Å². The van der Waals surface area contributed by atoms with Gasteiger partial charge in [-0.05, 0) is 25.8 Å². The molecule has 118 valence electrons. The van der Waals surface area contributed by atoms with Gasteiger partial charge in [0.15, 0.2) is 0 Å². The van der Waals surface area contributed by atoms with Gasteiger partial charge in [-0.1, -0.05) is 30.3 Å². The van der Waals surface area contributed by atoms with Gasteiger partial charge in [0.25, 0.3) is 5.56 Å². The molecule has 0 fully saturated rings. The molecule has 0 spiro atoms. The minimum Gasteiger partial charge on any atom is -0.493 e. The molecule has 22 heavy (non-hydrogen) atoms. The molecule has 1 aromatic carbocycles. The minimum absolute atomic E-state index is 0.179. The van der Waals surface area contributed by atoms with Gasteiger partial charge in [0, 0.05) is 19.6 Å². The fourth-order valence-electron chi connectivity index (χ4n) is 2.23. The molecule has 2 aromatic rings. The Morgan fingerprint density at radius 2 is 2.00 bits per heavy atom. The molecule has 0 bridgehead atoms. The van der Waals surface area contributed by atoms with Crippen LogP contribution in [-0.2, 0) is 17.7 Å². The Balaban J connectivity index is 2.15. The smallest absolute Gasteiger partial charge is 0.257 e. The van der Waals surface area contributed by atoms with E-state index in [4.69, 9.17) is 4.74 Å². The minimum atomic E-state index is -0.233. The van der Waals surface area contributed by atoms with E-state index in [1.165, 1.54) is 0 Å². The number of nitrogens with zero attached hydrogens (tertiary/aromatic N) is 2. The summed E-state index contributed by atoms with van der Waals surface area (Å²) in [5.74, 6) is 0.339. The SMILES string of the molecule is CC(C)OCCCn1c(Cc2ccccc2)nc(O)cc1=O. The summed E-state index contributed by atoms with van der Waals surface area (Å²) < 4.78 is 7.11. The van der Waals surface area contributed by atoms with Crippen LogP contribution in [0.1, 0.15) is 31.7 Å². The highest BCUT2D eigenvalue weighted by molar-refractivity contribution is 5.20. The maximum Gasteiger partial charge on any atom is 0.257 e. The third kappa shape index (κ3) is 4.70. The molecule has 0 unspecified atom stereocenters. The monoisotopic (exact) mass is 302 g/mol. The van der Waals surface area contributed by atoms with Crippen LogP contribution >= 0.6 is 0 Å². The van der Waals surface area contributed by atoms with Crippen LogP contribution in [0.2, 0.25) is 0 Å². The molecular formula is C17H22N2O3. The Hall–Kier alpha value is -2.14. The van der Waals surface area contributed by atoms with Crippen LogP contribution in [0.5, 0.6) is 5.88 Å². The van der Waals surface area contributed by atoms with Gasteiger partial charge in [-0.25, -0.2) is 0 Å². The Bertz CT molecular complexity index is 651. The van der Waals surface area contributed by atoms with Crippen LogP contribution in [0.15, 0.2) is 41.2 Å². The lowest BCUT2D eigenvalue weighted by molar-refractivity contribution is 0.0745. The number of rotatable bonds is 7. The number of aromatic hydroxyl groups is 1. The molecule has 1 N–H and O–H groups in total. The Morgan fingerprint density at radius 1 is 1.27 bits per heavy atom. The number of ether oxygens (including phenoxy) is 1. The molecule has 2 rings (SSSR count). The zero-order valence-corrected chi connectivity index (χ0v) is 13.0. The summed E-state index contributed by atoms with van der Waals surface area (Å²) in [7, 11) is 0. The molecular weight excluding hydrogens is 280 g/mol. The third-order valence-corrected chi connectivity index (χ3v) is 3.26. The van der Waals surface area contributed by atoms with E-state index in [-0.39, 0.29) is 17.5 Å². The van der Waals surface area contributed by atoms with Gasteiger partial charge < -0.3 is 9.84 Å². The molecule has 5 heteroatoms. The van der Waals surface area contributed by atoms with Crippen LogP contribution < -0.4 is 5.56 Å². The first-order chi connectivity index (χ1) is 10.6. The van der Waals surface area contributed by atoms with Crippen molar-refractivity contribution in [2.24, 2.45) is 0 Å². The summed E-state index contributed by atoms with van der Waals surface area (Å²) in [4.78, 5) is 16.2. The second-order valence-corrected chi connectivity index (χ2v) is 5.46. The third-order valence-electron chi connectivity index (χ3n) is 3.26. The Kier molecular flexibility index (Phi) is 5.72. The first-order valence-corrected chi connectivity index (χ1v) is 7.51. The average Bonchev–Trinajstić information content (AvgIpc) is 2.46. The summed E-state index contributed by atoms with van der Waals surface area (Å²) in [6.45, 7) is 5.08. The topological polar surface area (TPSA) is 64.3 Å². The molecule has 0 amide bonds. The van der Waals surface area contributed by atoms with E-state index in [1.54, 1.807) is 4.57 Å². The molecule has 0 aliphatic rings. The molecule has 5 nitrogen and oxygen atoms in total. The highest BCUT2D eigenvalue weighted by Gasteiger charge is 2.09. The average molecular weight is 302 g/mol. The van der Waals surface area contributed by atoms with Crippen molar-refractivity contribution in [2.45, 2.75) is 39.3 Å². The molecule has 1 heterocycles. The molecule has 0 radical (unpaired) electrons. The van der Waals surface area contributed by atoms with Crippen LogP contribution in [-0.4, -0.2) is 27.4 Å². The molecule has 0 aliphatic heterocycles. The summed E-state index contributed by atoms with van der Waals surface area (Å²) in [6.07, 6.45) is 1.42. The van der Waals surface area contributed by atoms with Crippen LogP contribution in [0.3, 0.4) is 0 Å². The van der Waals surface area contributed by atoms with E-state index >= 15 is 0 Å². The van der Waals surface area contributed by atoms with Crippen molar-refractivity contribution in [3.8, 4) is 5.88 Å². The second kappa shape index (κ2) is 7.75. The zero-order chi connectivity index (χ0) is 15.9. The first-order valence-electron chi connectivity index (χ1n) is 7.51. The standard InChI is InChI=1S/C17H22N2O3/c1-13(2)22-10-6-9-19-15(18-16(20)12-17(19)21)11-14-7-4-3-5-8-14/h3-5,7-8,12-13,20H,6,9-11H2,1-2H3. The predicted molar refractivity (Wildman–Crippen MR) is 85.1 cm³/mol. The van der Waals surface area contributed by atoms with Gasteiger partial charge in [-0.15, -0.1) is 0 Å². The summed E-state index contributed by atoms with van der Waals surface area (Å²) in [6, 6.07) is 10.9. The number of benzene rings is 1. The predicted octanol–water partition coefficient (Wildman–Crippen LogP) is 2.35. The van der Waals surface area contributed by atoms with Gasteiger partial charge in [-0.3, -0.25) is 9.36 Å². The largest absolute Gasteiger partial charge is 0.493 e. The van der Waals surface area contributed by atoms with Gasteiger partial charge in [-0.2, -0.15) is 4.98 Å². The van der Waals surface area contributed by atoms with E-state index in [9.17, 15) is 9.90 Å². The lowest BCUT2D eigenvalue weighted by Gasteiger charge is -2.13. The van der Waals surface area contributed by atoms with E-state index in [0.29, 0.717) is 25.4 Å². The fraction of sp³-hybridized carbons (Fsp3) is 0.412. The van der Waals surface area contributed by atoms with Crippen molar-refractivity contribution < 1.29 is 9.84 Å². The maximum atomic E-state index is 12.1. The lowest BCUT2D eigenvalue weighted by atomic mass is 10.1. The molecule has 0 atom stereocenters. The van der Waals surface area contributed by atoms with Crippen molar-refractivity contribution in [1.82, 2.24) is 9.55 Å². The van der Waals surface area contributed by atoms with E-state index in [1.807, 2.05) is 44.2 Å². The van der Waals surface area contributed by atoms with Gasteiger partial charge in [0.1, 0.15) is 5.82 Å². The lowest BCUT2D eigenvalue weighted by Crippen LogP contribution is -2.25. The summed E-state index contributed by atoms with van der Waals surface area (Å²) in [5, 5.41) is 9.59. The van der Waals surface area contributed by atoms with Crippen molar-refractivity contribution >= 4 is 0 Å². The molecule has 0 saturated heterocycles. The summed E-state index contributed by atoms with van der Waals surface area (Å²) >= 11 is 0. The van der Waals surface area contributed by atoms with Crippen molar-refractivity contribution in [3.05, 3.63) is 58.1 Å². The molecule has 1 aromatic heterocycles. The Labute approximate surface area is 130 Å². The van der Waals surface area contributed by atoms with Crippen molar-refractivity contribution in [3.63, 3.8) is 0 Å². The number of hydrogen-bond acceptors (Lipinski definition) is 4. The molecule has 0 saturated carbocycles. The normalized spacial score (nSPS) is 11.0. The van der Waals surface area contributed by atoms with Crippen LogP contribution in [0.4, 0.5) is 0 Å². The highest BCUT2D eigenvalue weighted by Crippen LogP contribution is 2.09. The highest BCUT2D eigenvalue weighted by atomic mass is 16.5. The van der Waals surface area contributed by atoms with Crippen molar-refractivity contribution in [2.75, 3.05) is 6.61 Å². The number of hydrogen-bond donors (Lipinski definition) is 1. The quantitative estimate of drug-likeness (QED) is 0.797. The van der Waals surface area contributed by atoms with Crippen molar-refractivity contribution in [1.29, 1.82) is 0 Å². The zero-order valence-electron chi connectivity index (χ0n) is 13.0. The Morgan fingerprint density at radius 3 is 2.68 bits per heavy atom. The fourth-order valence-corrected chi connectivity index (χ4v) is 2.23. The van der Waals surface area contributed by atoms with E-state index in [0.717, 1.165) is 18.1 Å². The molecule has 0 aliphatic carbocycles. The van der Waals surface area contributed by atoms with E-state index < -0.39 is 0 Å². The van der Waals surface area contributed by atoms with Gasteiger partial charge in [0.05, 0.1) is 12.2 Å². The first kappa shape index (κ1) is 16.2. The summed E-state index contributed by atoms with van der Waals surface area (Å²) in [5.41, 5.74) is 0.815. The van der Waals surface area contributed by atoms with Crippen LogP contribution in [0, 0.1) is 0 Å². The number of aromatic nitrogens is 2. The van der Waals surface area contributed by atoms with Gasteiger partial charge >= 0.3 is 0 Å².